The molecule has 0 radical (unpaired) electrons. The van der Waals surface area contributed by atoms with Crippen molar-refractivity contribution in [1.29, 1.82) is 0 Å². The van der Waals surface area contributed by atoms with Gasteiger partial charge in [-0.05, 0) is 19.8 Å². The van der Waals surface area contributed by atoms with Crippen LogP contribution in [0.5, 0.6) is 0 Å². The van der Waals surface area contributed by atoms with Crippen molar-refractivity contribution < 1.29 is 4.79 Å². The van der Waals surface area contributed by atoms with Gasteiger partial charge in [-0.15, -0.1) is 0 Å². The first kappa shape index (κ1) is 11.0. The number of rotatable bonds is 5. The molecule has 0 saturated carbocycles. The number of allylic oxidation sites excluding steroid dienone is 3. The maximum Gasteiger partial charge on any atom is 0.244 e. The van der Waals surface area contributed by atoms with Gasteiger partial charge in [0.05, 0.1) is 0 Å². The molecule has 2 nitrogen and oxygen atoms in total. The average Bonchev–Trinajstić information content (AvgIpc) is 2.04. The minimum atomic E-state index is -0.304. The third-order valence-corrected chi connectivity index (χ3v) is 1.61. The van der Waals surface area contributed by atoms with Crippen molar-refractivity contribution in [2.45, 2.75) is 33.1 Å². The highest BCUT2D eigenvalue weighted by atomic mass is 16.1. The number of amides is 1. The highest BCUT2D eigenvalue weighted by molar-refractivity contribution is 5.92. The molecule has 0 unspecified atom stereocenters. The normalized spacial score (nSPS) is 12.3. The Hall–Kier alpha value is -1.05. The SMILES string of the molecule is CC=CC=C(CCCC)C(N)=O. The Morgan fingerprint density at radius 2 is 2.17 bits per heavy atom. The molecule has 0 aromatic rings. The summed E-state index contributed by atoms with van der Waals surface area (Å²) in [6.07, 6.45) is 8.41. The summed E-state index contributed by atoms with van der Waals surface area (Å²) in [7, 11) is 0. The van der Waals surface area contributed by atoms with Gasteiger partial charge in [-0.1, -0.05) is 31.6 Å². The molecule has 2 heteroatoms. The zero-order valence-electron chi connectivity index (χ0n) is 7.84. The van der Waals surface area contributed by atoms with Crippen LogP contribution in [0.15, 0.2) is 23.8 Å². The van der Waals surface area contributed by atoms with Gasteiger partial charge in [-0.3, -0.25) is 4.79 Å². The van der Waals surface area contributed by atoms with Crippen LogP contribution in [0.4, 0.5) is 0 Å². The van der Waals surface area contributed by atoms with Crippen LogP contribution in [0.25, 0.3) is 0 Å². The molecular weight excluding hydrogens is 150 g/mol. The van der Waals surface area contributed by atoms with Crippen LogP contribution in [0.3, 0.4) is 0 Å². The molecule has 12 heavy (non-hydrogen) atoms. The summed E-state index contributed by atoms with van der Waals surface area (Å²) in [5.41, 5.74) is 5.89. The standard InChI is InChI=1S/C10H17NO/c1-3-5-7-9(10(11)12)8-6-4-2/h3,5,7H,4,6,8H2,1-2H3,(H2,11,12). The minimum absolute atomic E-state index is 0.304. The molecule has 0 aromatic heterocycles. The summed E-state index contributed by atoms with van der Waals surface area (Å²) >= 11 is 0. The largest absolute Gasteiger partial charge is 0.366 e. The fourth-order valence-corrected chi connectivity index (χ4v) is 0.868. The van der Waals surface area contributed by atoms with Gasteiger partial charge in [0, 0.05) is 5.57 Å². The van der Waals surface area contributed by atoms with E-state index in [0.717, 1.165) is 24.8 Å². The molecule has 0 heterocycles. The van der Waals surface area contributed by atoms with Crippen LogP contribution in [0, 0.1) is 0 Å². The second kappa shape index (κ2) is 6.65. The summed E-state index contributed by atoms with van der Waals surface area (Å²) in [6.45, 7) is 4.00. The molecular formula is C10H17NO. The van der Waals surface area contributed by atoms with E-state index in [-0.39, 0.29) is 5.91 Å². The van der Waals surface area contributed by atoms with Gasteiger partial charge in [0.2, 0.25) is 5.91 Å². The van der Waals surface area contributed by atoms with Crippen LogP contribution in [0.2, 0.25) is 0 Å². The zero-order chi connectivity index (χ0) is 9.40. The summed E-state index contributed by atoms with van der Waals surface area (Å²) in [6, 6.07) is 0. The molecule has 0 fully saturated rings. The molecule has 1 amide bonds. The summed E-state index contributed by atoms with van der Waals surface area (Å²) in [5, 5.41) is 0. The highest BCUT2D eigenvalue weighted by Gasteiger charge is 2.01. The van der Waals surface area contributed by atoms with Gasteiger partial charge in [0.1, 0.15) is 0 Å². The summed E-state index contributed by atoms with van der Waals surface area (Å²) in [5.74, 6) is -0.304. The number of hydrogen-bond acceptors (Lipinski definition) is 1. The second-order valence-electron chi connectivity index (χ2n) is 2.69. The van der Waals surface area contributed by atoms with E-state index in [1.807, 2.05) is 19.1 Å². The molecule has 0 rings (SSSR count). The first-order valence-electron chi connectivity index (χ1n) is 4.34. The molecule has 0 saturated heterocycles. The molecule has 68 valence electrons. The van der Waals surface area contributed by atoms with E-state index >= 15 is 0 Å². The lowest BCUT2D eigenvalue weighted by molar-refractivity contribution is -0.114. The number of carbonyl (C=O) groups is 1. The van der Waals surface area contributed by atoms with E-state index in [4.69, 9.17) is 5.73 Å². The lowest BCUT2D eigenvalue weighted by Gasteiger charge is -1.99. The van der Waals surface area contributed by atoms with Crippen molar-refractivity contribution in [2.24, 2.45) is 5.73 Å². The Labute approximate surface area is 74.1 Å². The van der Waals surface area contributed by atoms with Gasteiger partial charge in [-0.2, -0.15) is 0 Å². The van der Waals surface area contributed by atoms with Gasteiger partial charge in [0.15, 0.2) is 0 Å². The molecule has 0 atom stereocenters. The van der Waals surface area contributed by atoms with Gasteiger partial charge >= 0.3 is 0 Å². The molecule has 2 N–H and O–H groups in total. The number of hydrogen-bond donors (Lipinski definition) is 1. The van der Waals surface area contributed by atoms with E-state index in [1.165, 1.54) is 0 Å². The molecule has 0 aliphatic rings. The van der Waals surface area contributed by atoms with E-state index in [0.29, 0.717) is 0 Å². The number of unbranched alkanes of at least 4 members (excludes halogenated alkanes) is 1. The Balaban J connectivity index is 4.13. The highest BCUT2D eigenvalue weighted by Crippen LogP contribution is 2.06. The lowest BCUT2D eigenvalue weighted by Crippen LogP contribution is -2.13. The Kier molecular flexibility index (Phi) is 6.07. The zero-order valence-corrected chi connectivity index (χ0v) is 7.84. The van der Waals surface area contributed by atoms with Crippen molar-refractivity contribution in [3.63, 3.8) is 0 Å². The Morgan fingerprint density at radius 3 is 2.58 bits per heavy atom. The Morgan fingerprint density at radius 1 is 1.50 bits per heavy atom. The fourth-order valence-electron chi connectivity index (χ4n) is 0.868. The molecule has 0 bridgehead atoms. The number of primary amides is 1. The molecule has 0 aliphatic heterocycles. The third-order valence-electron chi connectivity index (χ3n) is 1.61. The van der Waals surface area contributed by atoms with Crippen molar-refractivity contribution in [2.75, 3.05) is 0 Å². The maximum atomic E-state index is 10.8. The van der Waals surface area contributed by atoms with E-state index in [2.05, 4.69) is 6.92 Å². The maximum absolute atomic E-state index is 10.8. The average molecular weight is 167 g/mol. The minimum Gasteiger partial charge on any atom is -0.366 e. The molecule has 0 spiro atoms. The fraction of sp³-hybridized carbons (Fsp3) is 0.500. The van der Waals surface area contributed by atoms with Gasteiger partial charge in [0.25, 0.3) is 0 Å². The first-order valence-corrected chi connectivity index (χ1v) is 4.34. The van der Waals surface area contributed by atoms with Crippen molar-refractivity contribution in [3.05, 3.63) is 23.8 Å². The predicted molar refractivity (Wildman–Crippen MR) is 51.6 cm³/mol. The van der Waals surface area contributed by atoms with Crippen molar-refractivity contribution >= 4 is 5.91 Å². The van der Waals surface area contributed by atoms with E-state index in [9.17, 15) is 4.79 Å². The monoisotopic (exact) mass is 167 g/mol. The van der Waals surface area contributed by atoms with E-state index in [1.54, 1.807) is 6.08 Å². The third kappa shape index (κ3) is 4.72. The van der Waals surface area contributed by atoms with Crippen molar-refractivity contribution in [3.8, 4) is 0 Å². The summed E-state index contributed by atoms with van der Waals surface area (Å²) < 4.78 is 0. The first-order chi connectivity index (χ1) is 5.72. The lowest BCUT2D eigenvalue weighted by atomic mass is 10.1. The van der Waals surface area contributed by atoms with Gasteiger partial charge in [-0.25, -0.2) is 0 Å². The number of carbonyl (C=O) groups excluding carboxylic acids is 1. The summed E-state index contributed by atoms with van der Waals surface area (Å²) in [4.78, 5) is 10.8. The van der Waals surface area contributed by atoms with Crippen LogP contribution < -0.4 is 5.73 Å². The van der Waals surface area contributed by atoms with Crippen LogP contribution in [0.1, 0.15) is 33.1 Å². The predicted octanol–water partition coefficient (Wildman–Crippen LogP) is 2.16. The quantitative estimate of drug-likeness (QED) is 0.495. The van der Waals surface area contributed by atoms with Crippen LogP contribution in [-0.4, -0.2) is 5.91 Å². The Bertz CT molecular complexity index is 192. The van der Waals surface area contributed by atoms with Gasteiger partial charge < -0.3 is 5.73 Å². The topological polar surface area (TPSA) is 43.1 Å². The van der Waals surface area contributed by atoms with Crippen molar-refractivity contribution in [1.82, 2.24) is 0 Å². The van der Waals surface area contributed by atoms with Crippen LogP contribution in [-0.2, 0) is 4.79 Å². The van der Waals surface area contributed by atoms with E-state index < -0.39 is 0 Å². The molecule has 0 aromatic carbocycles. The van der Waals surface area contributed by atoms with Crippen LogP contribution >= 0.6 is 0 Å². The number of nitrogens with two attached hydrogens (primary N) is 1. The second-order valence-corrected chi connectivity index (χ2v) is 2.69. The molecule has 0 aliphatic carbocycles. The smallest absolute Gasteiger partial charge is 0.244 e.